The molecular weight excluding hydrogens is 384 g/mol. The topological polar surface area (TPSA) is 66.5 Å². The molecule has 0 radical (unpaired) electrons. The summed E-state index contributed by atoms with van der Waals surface area (Å²) in [7, 11) is -3.62. The minimum atomic E-state index is -3.62. The number of piperidine rings is 1. The monoisotopic (exact) mass is 412 g/mol. The van der Waals surface area contributed by atoms with Gasteiger partial charge in [-0.15, -0.1) is 0 Å². The summed E-state index contributed by atoms with van der Waals surface area (Å²) >= 11 is 6.12. The number of sulfonamides is 1. The van der Waals surface area contributed by atoms with Crippen molar-refractivity contribution in [2.45, 2.75) is 69.2 Å². The third-order valence-electron chi connectivity index (χ3n) is 5.79. The Morgan fingerprint density at radius 3 is 2.52 bits per heavy atom. The molecule has 1 aliphatic carbocycles. The average Bonchev–Trinajstić information content (AvgIpc) is 2.93. The molecule has 0 spiro atoms. The number of halogens is 1. The van der Waals surface area contributed by atoms with Gasteiger partial charge in [0.2, 0.25) is 15.9 Å². The van der Waals surface area contributed by atoms with Gasteiger partial charge in [-0.2, -0.15) is 4.31 Å². The fraction of sp³-hybridized carbons (Fsp3) is 0.650. The van der Waals surface area contributed by atoms with E-state index in [1.54, 1.807) is 25.1 Å². The first-order chi connectivity index (χ1) is 12.9. The number of amides is 1. The summed E-state index contributed by atoms with van der Waals surface area (Å²) in [4.78, 5) is 12.9. The van der Waals surface area contributed by atoms with Crippen LogP contribution in [0.3, 0.4) is 0 Å². The Bertz CT molecular complexity index is 773. The first-order valence-corrected chi connectivity index (χ1v) is 11.8. The summed E-state index contributed by atoms with van der Waals surface area (Å²) in [5.74, 6) is 0.176. The van der Waals surface area contributed by atoms with Crippen molar-refractivity contribution in [3.05, 3.63) is 28.8 Å². The number of carbonyl (C=O) groups is 1. The molecule has 1 unspecified atom stereocenters. The first kappa shape index (κ1) is 20.6. The summed E-state index contributed by atoms with van der Waals surface area (Å²) in [6.07, 6.45) is 8.09. The predicted octanol–water partition coefficient (Wildman–Crippen LogP) is 3.89. The van der Waals surface area contributed by atoms with Crippen molar-refractivity contribution in [3.8, 4) is 0 Å². The van der Waals surface area contributed by atoms with Crippen molar-refractivity contribution in [1.82, 2.24) is 9.62 Å². The number of rotatable bonds is 4. The third kappa shape index (κ3) is 4.84. The van der Waals surface area contributed by atoms with Crippen LogP contribution in [-0.2, 0) is 14.8 Å². The van der Waals surface area contributed by atoms with Crippen LogP contribution in [0, 0.1) is 12.8 Å². The van der Waals surface area contributed by atoms with Crippen LogP contribution in [0.15, 0.2) is 23.1 Å². The summed E-state index contributed by atoms with van der Waals surface area (Å²) in [5, 5.41) is 3.58. The van der Waals surface area contributed by atoms with E-state index >= 15 is 0 Å². The van der Waals surface area contributed by atoms with E-state index in [1.165, 1.54) is 17.1 Å². The molecule has 0 aromatic heterocycles. The van der Waals surface area contributed by atoms with Crippen molar-refractivity contribution in [1.29, 1.82) is 0 Å². The van der Waals surface area contributed by atoms with Crippen molar-refractivity contribution in [3.63, 3.8) is 0 Å². The zero-order valence-corrected chi connectivity index (χ0v) is 17.5. The lowest BCUT2D eigenvalue weighted by Crippen LogP contribution is -2.50. The van der Waals surface area contributed by atoms with Crippen LogP contribution in [0.25, 0.3) is 0 Å². The van der Waals surface area contributed by atoms with Crippen LogP contribution < -0.4 is 5.32 Å². The Balaban J connectivity index is 1.68. The van der Waals surface area contributed by atoms with Crippen LogP contribution in [0.5, 0.6) is 0 Å². The van der Waals surface area contributed by atoms with Crippen LogP contribution in [-0.4, -0.2) is 37.8 Å². The molecule has 1 saturated heterocycles. The number of benzene rings is 1. The fourth-order valence-electron chi connectivity index (χ4n) is 4.15. The summed E-state index contributed by atoms with van der Waals surface area (Å²) < 4.78 is 27.7. The fourth-order valence-corrected chi connectivity index (χ4v) is 6.15. The van der Waals surface area contributed by atoms with Crippen molar-refractivity contribution < 1.29 is 13.2 Å². The standard InChI is InChI=1S/C20H29ClN2O3S/c1-15-18(21)11-6-12-19(15)27(25,26)23-13-7-10-17(14-23)22-20(24)16-8-4-2-3-5-9-16/h6,11-12,16-17H,2-5,7-10,13-14H2,1H3,(H,22,24). The van der Waals surface area contributed by atoms with Crippen molar-refractivity contribution in [2.24, 2.45) is 5.92 Å². The minimum Gasteiger partial charge on any atom is -0.352 e. The zero-order chi connectivity index (χ0) is 19.4. The highest BCUT2D eigenvalue weighted by atomic mass is 35.5. The van der Waals surface area contributed by atoms with E-state index in [0.29, 0.717) is 23.7 Å². The Morgan fingerprint density at radius 1 is 1.11 bits per heavy atom. The minimum absolute atomic E-state index is 0.0784. The van der Waals surface area contributed by atoms with Gasteiger partial charge in [0.25, 0.3) is 0 Å². The van der Waals surface area contributed by atoms with E-state index in [9.17, 15) is 13.2 Å². The maximum Gasteiger partial charge on any atom is 0.243 e. The Hall–Kier alpha value is -1.11. The molecule has 5 nitrogen and oxygen atoms in total. The van der Waals surface area contributed by atoms with Gasteiger partial charge in [-0.05, 0) is 50.3 Å². The SMILES string of the molecule is Cc1c(Cl)cccc1S(=O)(=O)N1CCCC(NC(=O)C2CCCCCC2)C1. The Morgan fingerprint density at radius 2 is 1.81 bits per heavy atom. The third-order valence-corrected chi connectivity index (χ3v) is 8.21. The summed E-state index contributed by atoms with van der Waals surface area (Å²) in [6, 6.07) is 4.84. The van der Waals surface area contributed by atoms with E-state index in [0.717, 1.165) is 38.5 Å². The molecule has 1 N–H and O–H groups in total. The van der Waals surface area contributed by atoms with Gasteiger partial charge in [-0.25, -0.2) is 8.42 Å². The van der Waals surface area contributed by atoms with E-state index in [4.69, 9.17) is 11.6 Å². The molecule has 1 saturated carbocycles. The number of hydrogen-bond acceptors (Lipinski definition) is 3. The molecule has 1 amide bonds. The van der Waals surface area contributed by atoms with Crippen molar-refractivity contribution >= 4 is 27.5 Å². The molecule has 2 fully saturated rings. The molecule has 1 heterocycles. The van der Waals surface area contributed by atoms with E-state index in [2.05, 4.69) is 5.32 Å². The summed E-state index contributed by atoms with van der Waals surface area (Å²) in [5.41, 5.74) is 0.573. The normalized spacial score (nSPS) is 23.0. The molecule has 7 heteroatoms. The molecular formula is C20H29ClN2O3S. The molecule has 1 aromatic rings. The van der Waals surface area contributed by atoms with E-state index in [-0.39, 0.29) is 22.8 Å². The van der Waals surface area contributed by atoms with Gasteiger partial charge in [-0.3, -0.25) is 4.79 Å². The van der Waals surface area contributed by atoms with Crippen LogP contribution >= 0.6 is 11.6 Å². The van der Waals surface area contributed by atoms with Gasteiger partial charge in [0.15, 0.2) is 0 Å². The quantitative estimate of drug-likeness (QED) is 0.763. The van der Waals surface area contributed by atoms with Gasteiger partial charge in [0.1, 0.15) is 0 Å². The number of nitrogens with zero attached hydrogens (tertiary/aromatic N) is 1. The smallest absolute Gasteiger partial charge is 0.243 e. The molecule has 27 heavy (non-hydrogen) atoms. The molecule has 1 aliphatic heterocycles. The lowest BCUT2D eigenvalue weighted by molar-refractivity contribution is -0.126. The first-order valence-electron chi connectivity index (χ1n) is 9.95. The molecule has 1 aromatic carbocycles. The average molecular weight is 413 g/mol. The summed E-state index contributed by atoms with van der Waals surface area (Å²) in [6.45, 7) is 2.53. The second kappa shape index (κ2) is 8.93. The Kier molecular flexibility index (Phi) is 6.82. The van der Waals surface area contributed by atoms with Gasteiger partial charge in [-0.1, -0.05) is 43.4 Å². The van der Waals surface area contributed by atoms with E-state index in [1.807, 2.05) is 0 Å². The highest BCUT2D eigenvalue weighted by molar-refractivity contribution is 7.89. The van der Waals surface area contributed by atoms with Crippen LogP contribution in [0.1, 0.15) is 56.9 Å². The number of nitrogens with one attached hydrogen (secondary N) is 1. The van der Waals surface area contributed by atoms with Gasteiger partial charge >= 0.3 is 0 Å². The molecule has 3 rings (SSSR count). The van der Waals surface area contributed by atoms with Crippen LogP contribution in [0.2, 0.25) is 5.02 Å². The van der Waals surface area contributed by atoms with Gasteiger partial charge in [0.05, 0.1) is 4.90 Å². The van der Waals surface area contributed by atoms with Gasteiger partial charge < -0.3 is 5.32 Å². The highest BCUT2D eigenvalue weighted by Crippen LogP contribution is 2.28. The number of carbonyl (C=O) groups excluding carboxylic acids is 1. The Labute approximate surface area is 167 Å². The highest BCUT2D eigenvalue weighted by Gasteiger charge is 2.33. The predicted molar refractivity (Wildman–Crippen MR) is 107 cm³/mol. The lowest BCUT2D eigenvalue weighted by Gasteiger charge is -2.33. The maximum absolute atomic E-state index is 13.1. The molecule has 1 atom stereocenters. The molecule has 0 bridgehead atoms. The molecule has 2 aliphatic rings. The lowest BCUT2D eigenvalue weighted by atomic mass is 9.98. The second-order valence-corrected chi connectivity index (χ2v) is 10.1. The zero-order valence-electron chi connectivity index (χ0n) is 15.9. The number of hydrogen-bond donors (Lipinski definition) is 1. The van der Waals surface area contributed by atoms with Gasteiger partial charge in [0, 0.05) is 30.1 Å². The van der Waals surface area contributed by atoms with E-state index < -0.39 is 10.0 Å². The van der Waals surface area contributed by atoms with Crippen molar-refractivity contribution in [2.75, 3.05) is 13.1 Å². The van der Waals surface area contributed by atoms with Crippen LogP contribution in [0.4, 0.5) is 0 Å². The molecule has 150 valence electrons. The maximum atomic E-state index is 13.1. The second-order valence-electron chi connectivity index (χ2n) is 7.76. The largest absolute Gasteiger partial charge is 0.352 e.